The minimum Gasteiger partial charge on any atom is -0.385 e. The Balaban J connectivity index is 2.04. The quantitative estimate of drug-likeness (QED) is 0.730. The minimum absolute atomic E-state index is 0.423. The largest absolute Gasteiger partial charge is 0.385 e. The van der Waals surface area contributed by atoms with E-state index in [1.165, 1.54) is 5.56 Å². The summed E-state index contributed by atoms with van der Waals surface area (Å²) in [6, 6.07) is 8.16. The van der Waals surface area contributed by atoms with E-state index in [4.69, 9.17) is 4.74 Å². The van der Waals surface area contributed by atoms with Gasteiger partial charge in [0.05, 0.1) is 6.20 Å². The fourth-order valence-corrected chi connectivity index (χ4v) is 2.11. The number of ether oxygens (including phenoxy) is 1. The molecule has 0 atom stereocenters. The maximum absolute atomic E-state index is 5.02. The van der Waals surface area contributed by atoms with Crippen molar-refractivity contribution in [2.75, 3.05) is 30.9 Å². The first-order valence-electron chi connectivity index (χ1n) is 7.49. The molecule has 2 aromatic rings. The van der Waals surface area contributed by atoms with E-state index in [1.54, 1.807) is 13.3 Å². The van der Waals surface area contributed by atoms with Crippen molar-refractivity contribution >= 4 is 17.5 Å². The standard InChI is InChI=1S/C16H23N5O/c1-12(2)13-7-4-5-8-14(13)19-16-20-15(11-18-21-16)17-9-6-10-22-3/h4-5,7-8,11-12H,6,9-10H2,1-3H3,(H2,17,19,20,21). The Kier molecular flexibility index (Phi) is 6.09. The Morgan fingerprint density at radius 3 is 2.82 bits per heavy atom. The maximum Gasteiger partial charge on any atom is 0.249 e. The maximum atomic E-state index is 5.02. The van der Waals surface area contributed by atoms with Crippen LogP contribution in [0.3, 0.4) is 0 Å². The highest BCUT2D eigenvalue weighted by Crippen LogP contribution is 2.25. The summed E-state index contributed by atoms with van der Waals surface area (Å²) in [6.45, 7) is 5.83. The number of benzene rings is 1. The molecule has 0 radical (unpaired) electrons. The normalized spacial score (nSPS) is 10.7. The number of hydrogen-bond acceptors (Lipinski definition) is 6. The molecule has 0 saturated carbocycles. The van der Waals surface area contributed by atoms with Crippen LogP contribution in [0.4, 0.5) is 17.5 Å². The van der Waals surface area contributed by atoms with Gasteiger partial charge in [-0.15, -0.1) is 5.10 Å². The van der Waals surface area contributed by atoms with Gasteiger partial charge in [0.2, 0.25) is 5.95 Å². The molecule has 22 heavy (non-hydrogen) atoms. The molecule has 2 N–H and O–H groups in total. The summed E-state index contributed by atoms with van der Waals surface area (Å²) in [4.78, 5) is 4.43. The van der Waals surface area contributed by atoms with Gasteiger partial charge < -0.3 is 15.4 Å². The van der Waals surface area contributed by atoms with Gasteiger partial charge in [-0.1, -0.05) is 32.0 Å². The van der Waals surface area contributed by atoms with E-state index in [0.29, 0.717) is 17.7 Å². The van der Waals surface area contributed by atoms with Crippen molar-refractivity contribution in [1.29, 1.82) is 0 Å². The van der Waals surface area contributed by atoms with Crippen molar-refractivity contribution in [3.63, 3.8) is 0 Å². The van der Waals surface area contributed by atoms with Crippen LogP contribution < -0.4 is 10.6 Å². The molecule has 0 fully saturated rings. The first-order valence-corrected chi connectivity index (χ1v) is 7.49. The number of para-hydroxylation sites is 1. The Morgan fingerprint density at radius 2 is 2.05 bits per heavy atom. The van der Waals surface area contributed by atoms with Gasteiger partial charge in [0, 0.05) is 25.9 Å². The fraction of sp³-hybridized carbons (Fsp3) is 0.438. The zero-order valence-electron chi connectivity index (χ0n) is 13.3. The van der Waals surface area contributed by atoms with Gasteiger partial charge in [0.1, 0.15) is 0 Å². The molecular formula is C16H23N5O. The molecule has 0 bridgehead atoms. The van der Waals surface area contributed by atoms with Crippen molar-refractivity contribution in [3.8, 4) is 0 Å². The van der Waals surface area contributed by atoms with Gasteiger partial charge in [0.15, 0.2) is 5.82 Å². The van der Waals surface area contributed by atoms with E-state index in [0.717, 1.165) is 25.3 Å². The third kappa shape index (κ3) is 4.66. The summed E-state index contributed by atoms with van der Waals surface area (Å²) in [6.07, 6.45) is 2.53. The van der Waals surface area contributed by atoms with Crippen LogP contribution in [0, 0.1) is 0 Å². The predicted molar refractivity (Wildman–Crippen MR) is 88.6 cm³/mol. The van der Waals surface area contributed by atoms with Crippen molar-refractivity contribution in [2.45, 2.75) is 26.2 Å². The number of nitrogens with zero attached hydrogens (tertiary/aromatic N) is 3. The van der Waals surface area contributed by atoms with Crippen LogP contribution in [0.15, 0.2) is 30.5 Å². The second kappa shape index (κ2) is 8.29. The first-order chi connectivity index (χ1) is 10.7. The van der Waals surface area contributed by atoms with Crippen molar-refractivity contribution in [1.82, 2.24) is 15.2 Å². The zero-order valence-corrected chi connectivity index (χ0v) is 13.3. The van der Waals surface area contributed by atoms with E-state index in [1.807, 2.05) is 18.2 Å². The lowest BCUT2D eigenvalue weighted by Crippen LogP contribution is -2.09. The lowest BCUT2D eigenvalue weighted by Gasteiger charge is -2.13. The average Bonchev–Trinajstić information content (AvgIpc) is 2.52. The van der Waals surface area contributed by atoms with Crippen LogP contribution >= 0.6 is 0 Å². The van der Waals surface area contributed by atoms with Crippen molar-refractivity contribution < 1.29 is 4.74 Å². The summed E-state index contributed by atoms with van der Waals surface area (Å²) in [5, 5.41) is 14.5. The van der Waals surface area contributed by atoms with Crippen LogP contribution in [-0.4, -0.2) is 35.4 Å². The number of nitrogens with one attached hydrogen (secondary N) is 2. The third-order valence-corrected chi connectivity index (χ3v) is 3.22. The minimum atomic E-state index is 0.423. The number of hydrogen-bond donors (Lipinski definition) is 2. The summed E-state index contributed by atoms with van der Waals surface area (Å²) in [5.74, 6) is 1.62. The number of aromatic nitrogens is 3. The van der Waals surface area contributed by atoms with Gasteiger partial charge in [-0.25, -0.2) is 0 Å². The molecule has 6 heteroatoms. The highest BCUT2D eigenvalue weighted by Gasteiger charge is 2.08. The fourth-order valence-electron chi connectivity index (χ4n) is 2.11. The monoisotopic (exact) mass is 301 g/mol. The van der Waals surface area contributed by atoms with E-state index in [2.05, 4.69) is 45.7 Å². The van der Waals surface area contributed by atoms with E-state index >= 15 is 0 Å². The molecule has 118 valence electrons. The van der Waals surface area contributed by atoms with Crippen molar-refractivity contribution in [2.24, 2.45) is 0 Å². The second-order valence-electron chi connectivity index (χ2n) is 5.31. The molecule has 1 aromatic heterocycles. The molecule has 0 unspecified atom stereocenters. The topological polar surface area (TPSA) is 72.0 Å². The van der Waals surface area contributed by atoms with E-state index in [-0.39, 0.29) is 0 Å². The van der Waals surface area contributed by atoms with Crippen LogP contribution in [0.2, 0.25) is 0 Å². The van der Waals surface area contributed by atoms with Gasteiger partial charge in [-0.3, -0.25) is 0 Å². The summed E-state index contributed by atoms with van der Waals surface area (Å²) >= 11 is 0. The van der Waals surface area contributed by atoms with Crippen LogP contribution in [0.5, 0.6) is 0 Å². The molecule has 0 spiro atoms. The predicted octanol–water partition coefficient (Wildman–Crippen LogP) is 3.19. The summed E-state index contributed by atoms with van der Waals surface area (Å²) in [7, 11) is 1.69. The zero-order chi connectivity index (χ0) is 15.8. The van der Waals surface area contributed by atoms with Gasteiger partial charge >= 0.3 is 0 Å². The molecular weight excluding hydrogens is 278 g/mol. The summed E-state index contributed by atoms with van der Waals surface area (Å²) in [5.41, 5.74) is 2.24. The lowest BCUT2D eigenvalue weighted by atomic mass is 10.0. The van der Waals surface area contributed by atoms with E-state index in [9.17, 15) is 0 Å². The molecule has 2 rings (SSSR count). The molecule has 0 amide bonds. The van der Waals surface area contributed by atoms with Crippen LogP contribution in [-0.2, 0) is 4.74 Å². The number of rotatable bonds is 8. The Bertz CT molecular complexity index is 588. The Hall–Kier alpha value is -2.21. The first kappa shape index (κ1) is 16.2. The second-order valence-corrected chi connectivity index (χ2v) is 5.31. The van der Waals surface area contributed by atoms with E-state index < -0.39 is 0 Å². The lowest BCUT2D eigenvalue weighted by molar-refractivity contribution is 0.197. The van der Waals surface area contributed by atoms with Gasteiger partial charge in [-0.2, -0.15) is 10.1 Å². The molecule has 0 aliphatic rings. The van der Waals surface area contributed by atoms with Crippen LogP contribution in [0.1, 0.15) is 31.7 Å². The molecule has 0 aliphatic carbocycles. The number of methoxy groups -OCH3 is 1. The molecule has 1 aromatic carbocycles. The average molecular weight is 301 g/mol. The van der Waals surface area contributed by atoms with Gasteiger partial charge in [0.25, 0.3) is 0 Å². The molecule has 6 nitrogen and oxygen atoms in total. The third-order valence-electron chi connectivity index (χ3n) is 3.22. The molecule has 1 heterocycles. The van der Waals surface area contributed by atoms with Crippen LogP contribution in [0.25, 0.3) is 0 Å². The van der Waals surface area contributed by atoms with Crippen molar-refractivity contribution in [3.05, 3.63) is 36.0 Å². The smallest absolute Gasteiger partial charge is 0.249 e. The van der Waals surface area contributed by atoms with Gasteiger partial charge in [-0.05, 0) is 24.0 Å². The molecule has 0 aliphatic heterocycles. The number of anilines is 3. The Labute approximate surface area is 131 Å². The summed E-state index contributed by atoms with van der Waals surface area (Å²) < 4.78 is 5.02. The SMILES string of the molecule is COCCCNc1cnnc(Nc2ccccc2C(C)C)n1. The highest BCUT2D eigenvalue weighted by molar-refractivity contribution is 5.59. The highest BCUT2D eigenvalue weighted by atomic mass is 16.5. The molecule has 0 saturated heterocycles. The Morgan fingerprint density at radius 1 is 1.23 bits per heavy atom.